The van der Waals surface area contributed by atoms with Crippen LogP contribution in [0.5, 0.6) is 0 Å². The van der Waals surface area contributed by atoms with Crippen LogP contribution in [0.25, 0.3) is 0 Å². The van der Waals surface area contributed by atoms with E-state index in [4.69, 9.17) is 5.11 Å². The van der Waals surface area contributed by atoms with Gasteiger partial charge in [0.15, 0.2) is 4.73 Å². The molecule has 0 unspecified atom stereocenters. The highest BCUT2D eigenvalue weighted by Crippen LogP contribution is 2.06. The van der Waals surface area contributed by atoms with Crippen LogP contribution in [0.1, 0.15) is 11.4 Å². The highest BCUT2D eigenvalue weighted by Gasteiger charge is 2.03. The van der Waals surface area contributed by atoms with E-state index in [0.717, 1.165) is 5.69 Å². The number of carbonyl (C=O) groups is 1. The Morgan fingerprint density at radius 1 is 1.67 bits per heavy atom. The van der Waals surface area contributed by atoms with E-state index in [2.05, 4.69) is 25.9 Å². The third kappa shape index (κ3) is 2.58. The first-order valence-corrected chi connectivity index (χ1v) is 4.09. The van der Waals surface area contributed by atoms with E-state index < -0.39 is 5.97 Å². The first-order chi connectivity index (χ1) is 5.58. The summed E-state index contributed by atoms with van der Waals surface area (Å²) in [5, 5.41) is 8.47. The summed E-state index contributed by atoms with van der Waals surface area (Å²) in [5.74, 6) is -0.889. The fraction of sp³-hybridized carbons (Fsp3) is 0.286. The van der Waals surface area contributed by atoms with Gasteiger partial charge in [-0.15, -0.1) is 0 Å². The number of hydrogen-bond donors (Lipinski definition) is 1. The molecule has 5 heteroatoms. The smallest absolute Gasteiger partial charge is 0.309 e. The minimum atomic E-state index is -0.889. The summed E-state index contributed by atoms with van der Waals surface area (Å²) in [5.41, 5.74) is 1.27. The van der Waals surface area contributed by atoms with Gasteiger partial charge in [0, 0.05) is 5.69 Å². The second-order valence-corrected chi connectivity index (χ2v) is 3.05. The van der Waals surface area contributed by atoms with Crippen LogP contribution in [0.15, 0.2) is 10.8 Å². The lowest BCUT2D eigenvalue weighted by Crippen LogP contribution is -2.03. The Kier molecular flexibility index (Phi) is 2.75. The Morgan fingerprint density at radius 2 is 2.33 bits per heavy atom. The van der Waals surface area contributed by atoms with Crippen molar-refractivity contribution in [3.63, 3.8) is 0 Å². The summed E-state index contributed by atoms with van der Waals surface area (Å²) in [6.45, 7) is 1.79. The Balaban J connectivity index is 2.93. The highest BCUT2D eigenvalue weighted by molar-refractivity contribution is 9.10. The fourth-order valence-corrected chi connectivity index (χ4v) is 1.35. The zero-order valence-electron chi connectivity index (χ0n) is 6.41. The maximum absolute atomic E-state index is 10.3. The van der Waals surface area contributed by atoms with Gasteiger partial charge in [0.1, 0.15) is 0 Å². The van der Waals surface area contributed by atoms with Crippen molar-refractivity contribution in [2.75, 3.05) is 0 Å². The van der Waals surface area contributed by atoms with Crippen LogP contribution in [0, 0.1) is 6.92 Å². The predicted octanol–water partition coefficient (Wildman–Crippen LogP) is 1.17. The second-order valence-electron chi connectivity index (χ2n) is 2.34. The van der Waals surface area contributed by atoms with Crippen LogP contribution in [0.2, 0.25) is 0 Å². The van der Waals surface area contributed by atoms with Gasteiger partial charge in [-0.25, -0.2) is 9.97 Å². The fourth-order valence-electron chi connectivity index (χ4n) is 0.840. The Bertz CT molecular complexity index is 294. The van der Waals surface area contributed by atoms with E-state index in [-0.39, 0.29) is 6.42 Å². The van der Waals surface area contributed by atoms with E-state index in [9.17, 15) is 4.79 Å². The van der Waals surface area contributed by atoms with Crippen LogP contribution in [-0.2, 0) is 11.2 Å². The second kappa shape index (κ2) is 3.62. The number of rotatable bonds is 2. The molecule has 1 heterocycles. The molecule has 0 spiro atoms. The molecule has 0 bridgehead atoms. The van der Waals surface area contributed by atoms with Crippen molar-refractivity contribution in [2.24, 2.45) is 0 Å². The van der Waals surface area contributed by atoms with Gasteiger partial charge < -0.3 is 5.11 Å². The third-order valence-electron chi connectivity index (χ3n) is 1.21. The summed E-state index contributed by atoms with van der Waals surface area (Å²) in [7, 11) is 0. The van der Waals surface area contributed by atoms with E-state index in [1.807, 2.05) is 0 Å². The third-order valence-corrected chi connectivity index (χ3v) is 1.57. The summed E-state index contributed by atoms with van der Waals surface area (Å²) in [4.78, 5) is 18.2. The largest absolute Gasteiger partial charge is 0.481 e. The van der Waals surface area contributed by atoms with Crippen LogP contribution in [0.4, 0.5) is 0 Å². The molecule has 0 amide bonds. The van der Waals surface area contributed by atoms with Gasteiger partial charge in [-0.1, -0.05) is 0 Å². The minimum absolute atomic E-state index is 0.0675. The number of hydrogen-bond acceptors (Lipinski definition) is 3. The molecule has 64 valence electrons. The number of aryl methyl sites for hydroxylation is 1. The molecule has 0 aliphatic carbocycles. The van der Waals surface area contributed by atoms with Gasteiger partial charge in [0.25, 0.3) is 0 Å². The molecule has 12 heavy (non-hydrogen) atoms. The minimum Gasteiger partial charge on any atom is -0.481 e. The lowest BCUT2D eigenvalue weighted by molar-refractivity contribution is -0.136. The maximum atomic E-state index is 10.3. The molecule has 0 saturated heterocycles. The van der Waals surface area contributed by atoms with Gasteiger partial charge in [-0.2, -0.15) is 0 Å². The van der Waals surface area contributed by atoms with Gasteiger partial charge in [0.2, 0.25) is 0 Å². The average molecular weight is 231 g/mol. The molecule has 1 N–H and O–H groups in total. The Morgan fingerprint density at radius 3 is 2.83 bits per heavy atom. The lowest BCUT2D eigenvalue weighted by atomic mass is 10.3. The van der Waals surface area contributed by atoms with Gasteiger partial charge >= 0.3 is 5.97 Å². The maximum Gasteiger partial charge on any atom is 0.309 e. The van der Waals surface area contributed by atoms with Crippen molar-refractivity contribution in [3.05, 3.63) is 22.2 Å². The van der Waals surface area contributed by atoms with Crippen LogP contribution in [-0.4, -0.2) is 21.0 Å². The van der Waals surface area contributed by atoms with E-state index in [1.165, 1.54) is 0 Å². The van der Waals surface area contributed by atoms with Crippen molar-refractivity contribution in [1.82, 2.24) is 9.97 Å². The molecule has 0 aliphatic rings. The molecule has 1 aromatic heterocycles. The summed E-state index contributed by atoms with van der Waals surface area (Å²) >= 11 is 3.09. The molecular weight excluding hydrogens is 224 g/mol. The predicted molar refractivity (Wildman–Crippen MR) is 45.8 cm³/mol. The van der Waals surface area contributed by atoms with E-state index in [1.54, 1.807) is 13.0 Å². The molecule has 0 fully saturated rings. The zero-order valence-corrected chi connectivity index (χ0v) is 8.00. The quantitative estimate of drug-likeness (QED) is 0.776. The monoisotopic (exact) mass is 230 g/mol. The molecule has 0 atom stereocenters. The van der Waals surface area contributed by atoms with Gasteiger partial charge in [-0.05, 0) is 28.9 Å². The van der Waals surface area contributed by atoms with E-state index >= 15 is 0 Å². The Labute approximate surface area is 77.8 Å². The van der Waals surface area contributed by atoms with Crippen LogP contribution < -0.4 is 0 Å². The number of aliphatic carboxylic acids is 1. The zero-order chi connectivity index (χ0) is 9.14. The van der Waals surface area contributed by atoms with Crippen LogP contribution in [0.3, 0.4) is 0 Å². The van der Waals surface area contributed by atoms with Gasteiger partial charge in [0.05, 0.1) is 12.1 Å². The van der Waals surface area contributed by atoms with Crippen molar-refractivity contribution < 1.29 is 9.90 Å². The van der Waals surface area contributed by atoms with Crippen molar-refractivity contribution in [3.8, 4) is 0 Å². The van der Waals surface area contributed by atoms with Crippen molar-refractivity contribution in [2.45, 2.75) is 13.3 Å². The van der Waals surface area contributed by atoms with E-state index in [0.29, 0.717) is 10.4 Å². The van der Waals surface area contributed by atoms with Crippen LogP contribution >= 0.6 is 15.9 Å². The van der Waals surface area contributed by atoms with Crippen molar-refractivity contribution in [1.29, 1.82) is 0 Å². The number of halogens is 1. The molecule has 0 aromatic carbocycles. The number of aromatic nitrogens is 2. The number of carboxylic acid groups (broad SMARTS) is 1. The summed E-state index contributed by atoms with van der Waals surface area (Å²) in [6, 6.07) is 1.65. The molecule has 0 radical (unpaired) electrons. The molecular formula is C7H7BrN2O2. The lowest BCUT2D eigenvalue weighted by Gasteiger charge is -1.98. The molecule has 0 saturated carbocycles. The first kappa shape index (κ1) is 9.12. The summed E-state index contributed by atoms with van der Waals surface area (Å²) in [6.07, 6.45) is -0.0675. The molecule has 1 rings (SSSR count). The van der Waals surface area contributed by atoms with Gasteiger partial charge in [-0.3, -0.25) is 4.79 Å². The molecule has 4 nitrogen and oxygen atoms in total. The SMILES string of the molecule is Cc1cc(CC(=O)O)nc(Br)n1. The topological polar surface area (TPSA) is 63.1 Å². The molecule has 0 aliphatic heterocycles. The number of carboxylic acids is 1. The Hall–Kier alpha value is -0.970. The molecule has 1 aromatic rings. The first-order valence-electron chi connectivity index (χ1n) is 3.30. The highest BCUT2D eigenvalue weighted by atomic mass is 79.9. The number of nitrogens with zero attached hydrogens (tertiary/aromatic N) is 2. The average Bonchev–Trinajstić information content (AvgIpc) is 1.81. The normalized spacial score (nSPS) is 9.83. The van der Waals surface area contributed by atoms with Crippen molar-refractivity contribution >= 4 is 21.9 Å². The standard InChI is InChI=1S/C7H7BrN2O2/c1-4-2-5(3-6(11)12)10-7(8)9-4/h2H,3H2,1H3,(H,11,12). The summed E-state index contributed by atoms with van der Waals surface area (Å²) < 4.78 is 0.429.